The van der Waals surface area contributed by atoms with E-state index in [4.69, 9.17) is 4.74 Å². The molecular formula is C18H19ClN2O. The summed E-state index contributed by atoms with van der Waals surface area (Å²) in [7, 11) is 0. The maximum atomic E-state index is 6.50. The van der Waals surface area contributed by atoms with Crippen LogP contribution in [0.3, 0.4) is 0 Å². The molecule has 22 heavy (non-hydrogen) atoms. The second-order valence-corrected chi connectivity index (χ2v) is 5.68. The molecule has 114 valence electrons. The Bertz CT molecular complexity index is 678. The van der Waals surface area contributed by atoms with Crippen LogP contribution < -0.4 is 10.1 Å². The molecule has 0 saturated carbocycles. The van der Waals surface area contributed by atoms with Gasteiger partial charge in [0.25, 0.3) is 0 Å². The van der Waals surface area contributed by atoms with Crippen LogP contribution in [0.2, 0.25) is 0 Å². The number of aromatic nitrogens is 1. The summed E-state index contributed by atoms with van der Waals surface area (Å²) in [5, 5.41) is 3.43. The van der Waals surface area contributed by atoms with Crippen molar-refractivity contribution in [1.29, 1.82) is 0 Å². The molecule has 2 aliphatic heterocycles. The molecule has 0 atom stereocenters. The molecule has 0 bridgehead atoms. The predicted octanol–water partition coefficient (Wildman–Crippen LogP) is 3.56. The number of para-hydroxylation sites is 1. The summed E-state index contributed by atoms with van der Waals surface area (Å²) >= 11 is 0. The molecule has 3 nitrogen and oxygen atoms in total. The summed E-state index contributed by atoms with van der Waals surface area (Å²) in [6.45, 7) is 1.98. The summed E-state index contributed by atoms with van der Waals surface area (Å²) in [4.78, 5) is 4.14. The van der Waals surface area contributed by atoms with E-state index in [0.717, 1.165) is 37.2 Å². The van der Waals surface area contributed by atoms with Crippen LogP contribution in [0.15, 0.2) is 48.8 Å². The van der Waals surface area contributed by atoms with Gasteiger partial charge in [-0.05, 0) is 42.9 Å². The molecule has 0 aliphatic carbocycles. The highest BCUT2D eigenvalue weighted by atomic mass is 35.5. The van der Waals surface area contributed by atoms with Crippen molar-refractivity contribution in [3.63, 3.8) is 0 Å². The van der Waals surface area contributed by atoms with E-state index in [9.17, 15) is 0 Å². The third-order valence-electron chi connectivity index (χ3n) is 4.42. The van der Waals surface area contributed by atoms with E-state index in [2.05, 4.69) is 46.7 Å². The van der Waals surface area contributed by atoms with Gasteiger partial charge in [0.05, 0.1) is 0 Å². The van der Waals surface area contributed by atoms with Gasteiger partial charge in [0, 0.05) is 36.4 Å². The first-order valence-corrected chi connectivity index (χ1v) is 7.49. The zero-order valence-corrected chi connectivity index (χ0v) is 13.1. The highest BCUT2D eigenvalue weighted by Crippen LogP contribution is 2.44. The van der Waals surface area contributed by atoms with E-state index in [1.807, 2.05) is 18.5 Å². The van der Waals surface area contributed by atoms with Crippen LogP contribution in [0.4, 0.5) is 0 Å². The lowest BCUT2D eigenvalue weighted by Gasteiger charge is -2.42. The molecule has 1 aromatic carbocycles. The summed E-state index contributed by atoms with van der Waals surface area (Å²) in [5.74, 6) is 0.997. The Labute approximate surface area is 136 Å². The Balaban J connectivity index is 0.00000144. The molecule has 1 aromatic heterocycles. The third kappa shape index (κ3) is 2.51. The summed E-state index contributed by atoms with van der Waals surface area (Å²) < 4.78 is 6.50. The Hall–Kier alpha value is -1.84. The van der Waals surface area contributed by atoms with Crippen molar-refractivity contribution >= 4 is 24.1 Å². The maximum Gasteiger partial charge on any atom is 0.137 e. The van der Waals surface area contributed by atoms with Gasteiger partial charge in [-0.2, -0.15) is 0 Å². The number of benzene rings is 1. The zero-order valence-electron chi connectivity index (χ0n) is 12.3. The molecule has 4 heteroatoms. The van der Waals surface area contributed by atoms with E-state index in [1.165, 1.54) is 11.1 Å². The quantitative estimate of drug-likeness (QED) is 0.874. The fraction of sp³-hybridized carbons (Fsp3) is 0.278. The summed E-state index contributed by atoms with van der Waals surface area (Å²) in [6, 6.07) is 12.4. The molecule has 2 aliphatic rings. The van der Waals surface area contributed by atoms with Crippen LogP contribution >= 0.6 is 12.4 Å². The van der Waals surface area contributed by atoms with Gasteiger partial charge in [0.2, 0.25) is 0 Å². The van der Waals surface area contributed by atoms with Gasteiger partial charge in [-0.15, -0.1) is 12.4 Å². The van der Waals surface area contributed by atoms with Crippen molar-refractivity contribution in [2.45, 2.75) is 18.4 Å². The lowest BCUT2D eigenvalue weighted by molar-refractivity contribution is 0.0924. The maximum absolute atomic E-state index is 6.50. The number of pyridine rings is 1. The van der Waals surface area contributed by atoms with Gasteiger partial charge >= 0.3 is 0 Å². The van der Waals surface area contributed by atoms with Gasteiger partial charge < -0.3 is 10.1 Å². The Morgan fingerprint density at radius 1 is 1.00 bits per heavy atom. The highest BCUT2D eigenvalue weighted by Gasteiger charge is 2.41. The molecule has 1 spiro atoms. The fourth-order valence-electron chi connectivity index (χ4n) is 3.33. The fourth-order valence-corrected chi connectivity index (χ4v) is 3.33. The Morgan fingerprint density at radius 2 is 1.73 bits per heavy atom. The second kappa shape index (κ2) is 6.11. The molecule has 2 aromatic rings. The molecule has 0 unspecified atom stereocenters. The first-order valence-electron chi connectivity index (χ1n) is 7.49. The number of nitrogens with one attached hydrogen (secondary N) is 1. The van der Waals surface area contributed by atoms with E-state index < -0.39 is 0 Å². The second-order valence-electron chi connectivity index (χ2n) is 5.68. The van der Waals surface area contributed by atoms with Crippen LogP contribution in [0.25, 0.3) is 11.6 Å². The smallest absolute Gasteiger partial charge is 0.137 e. The first kappa shape index (κ1) is 15.1. The van der Waals surface area contributed by atoms with Gasteiger partial charge in [0.15, 0.2) is 0 Å². The minimum atomic E-state index is -0.207. The predicted molar refractivity (Wildman–Crippen MR) is 91.3 cm³/mol. The average molecular weight is 315 g/mol. The molecule has 0 amide bonds. The van der Waals surface area contributed by atoms with Crippen molar-refractivity contribution in [1.82, 2.24) is 10.3 Å². The minimum Gasteiger partial charge on any atom is -0.482 e. The zero-order chi connectivity index (χ0) is 14.1. The van der Waals surface area contributed by atoms with Crippen LogP contribution in [-0.4, -0.2) is 23.7 Å². The lowest BCUT2D eigenvalue weighted by atomic mass is 9.78. The van der Waals surface area contributed by atoms with Gasteiger partial charge in [0.1, 0.15) is 11.4 Å². The van der Waals surface area contributed by atoms with Crippen molar-refractivity contribution in [3.05, 3.63) is 59.9 Å². The van der Waals surface area contributed by atoms with E-state index in [-0.39, 0.29) is 18.0 Å². The largest absolute Gasteiger partial charge is 0.482 e. The molecule has 3 heterocycles. The Morgan fingerprint density at radius 3 is 2.50 bits per heavy atom. The SMILES string of the molecule is C1=C(c2ccncc2)C2(CCNCC2)Oc2ccccc21.Cl. The summed E-state index contributed by atoms with van der Waals surface area (Å²) in [5.41, 5.74) is 3.45. The van der Waals surface area contributed by atoms with Gasteiger partial charge in [-0.1, -0.05) is 18.2 Å². The van der Waals surface area contributed by atoms with E-state index >= 15 is 0 Å². The van der Waals surface area contributed by atoms with E-state index in [0.29, 0.717) is 0 Å². The van der Waals surface area contributed by atoms with Crippen LogP contribution in [0.1, 0.15) is 24.0 Å². The Kier molecular flexibility index (Phi) is 4.19. The van der Waals surface area contributed by atoms with Gasteiger partial charge in [-0.3, -0.25) is 4.98 Å². The number of hydrogen-bond acceptors (Lipinski definition) is 3. The molecule has 1 saturated heterocycles. The van der Waals surface area contributed by atoms with Crippen molar-refractivity contribution in [2.24, 2.45) is 0 Å². The highest BCUT2D eigenvalue weighted by molar-refractivity contribution is 5.89. The van der Waals surface area contributed by atoms with E-state index in [1.54, 1.807) is 0 Å². The van der Waals surface area contributed by atoms with Crippen LogP contribution in [0.5, 0.6) is 5.75 Å². The number of hydrogen-bond donors (Lipinski definition) is 1. The van der Waals surface area contributed by atoms with Crippen molar-refractivity contribution in [3.8, 4) is 5.75 Å². The topological polar surface area (TPSA) is 34.2 Å². The number of nitrogens with zero attached hydrogens (tertiary/aromatic N) is 1. The van der Waals surface area contributed by atoms with Crippen LogP contribution in [-0.2, 0) is 0 Å². The van der Waals surface area contributed by atoms with Crippen molar-refractivity contribution in [2.75, 3.05) is 13.1 Å². The number of halogens is 1. The number of fused-ring (bicyclic) bond motifs is 1. The minimum absolute atomic E-state index is 0. The number of piperidine rings is 1. The normalized spacial score (nSPS) is 18.6. The van der Waals surface area contributed by atoms with Gasteiger partial charge in [-0.25, -0.2) is 0 Å². The molecular weight excluding hydrogens is 296 g/mol. The molecule has 0 radical (unpaired) electrons. The third-order valence-corrected chi connectivity index (χ3v) is 4.42. The standard InChI is InChI=1S/C18H18N2O.ClH/c1-2-4-17-15(3-1)13-16(14-5-9-19-10-6-14)18(21-17)7-11-20-12-8-18;/h1-6,9-10,13,20H,7-8,11-12H2;1H. The lowest BCUT2D eigenvalue weighted by Crippen LogP contribution is -2.48. The average Bonchev–Trinajstić information content (AvgIpc) is 2.56. The number of rotatable bonds is 1. The molecule has 1 fully saturated rings. The number of ether oxygens (including phenoxy) is 1. The monoisotopic (exact) mass is 314 g/mol. The molecule has 1 N–H and O–H groups in total. The molecule has 4 rings (SSSR count). The van der Waals surface area contributed by atoms with Crippen LogP contribution in [0, 0.1) is 0 Å². The first-order chi connectivity index (χ1) is 10.4. The summed E-state index contributed by atoms with van der Waals surface area (Å²) in [6.07, 6.45) is 7.99. The van der Waals surface area contributed by atoms with Crippen molar-refractivity contribution < 1.29 is 4.74 Å².